The number of rotatable bonds is 2. The van der Waals surface area contributed by atoms with E-state index in [1.807, 2.05) is 0 Å². The van der Waals surface area contributed by atoms with Crippen LogP contribution in [0.15, 0.2) is 0 Å². The van der Waals surface area contributed by atoms with Crippen molar-refractivity contribution < 1.29 is 14.7 Å². The molecule has 0 spiro atoms. The molecule has 1 N–H and O–H groups in total. The van der Waals surface area contributed by atoms with Gasteiger partial charge in [-0.1, -0.05) is 13.8 Å². The lowest BCUT2D eigenvalue weighted by Crippen LogP contribution is -2.36. The Labute approximate surface area is 83.9 Å². The molecule has 1 aliphatic rings. The molecular weight excluding hydrogens is 182 g/mol. The second kappa shape index (κ2) is 3.98. The minimum atomic E-state index is -1.04. The van der Waals surface area contributed by atoms with E-state index >= 15 is 0 Å². The summed E-state index contributed by atoms with van der Waals surface area (Å²) < 4.78 is 0. The van der Waals surface area contributed by atoms with Gasteiger partial charge < -0.3 is 10.0 Å². The molecule has 0 saturated carbocycles. The summed E-state index contributed by atoms with van der Waals surface area (Å²) in [7, 11) is 0. The van der Waals surface area contributed by atoms with Gasteiger partial charge in [0, 0.05) is 13.1 Å². The van der Waals surface area contributed by atoms with Crippen LogP contribution < -0.4 is 0 Å². The second-order valence-corrected chi connectivity index (χ2v) is 4.26. The molecule has 0 aromatic rings. The number of carboxylic acids is 1. The quantitative estimate of drug-likeness (QED) is 0.670. The molecule has 3 unspecified atom stereocenters. The SMILES string of the molecule is CC(C(=O)O)C(=O)N1CC(C)C(C)C1. The predicted molar refractivity (Wildman–Crippen MR) is 51.7 cm³/mol. The minimum Gasteiger partial charge on any atom is -0.481 e. The van der Waals surface area contributed by atoms with Crippen molar-refractivity contribution >= 4 is 11.9 Å². The van der Waals surface area contributed by atoms with Gasteiger partial charge in [0.2, 0.25) is 5.91 Å². The number of amides is 1. The number of nitrogens with zero attached hydrogens (tertiary/aromatic N) is 1. The molecule has 0 radical (unpaired) electrons. The summed E-state index contributed by atoms with van der Waals surface area (Å²) in [5.41, 5.74) is 0. The van der Waals surface area contributed by atoms with Crippen molar-refractivity contribution in [3.8, 4) is 0 Å². The van der Waals surface area contributed by atoms with Gasteiger partial charge in [0.05, 0.1) is 0 Å². The van der Waals surface area contributed by atoms with Crippen LogP contribution in [0, 0.1) is 17.8 Å². The third kappa shape index (κ3) is 2.05. The van der Waals surface area contributed by atoms with E-state index in [9.17, 15) is 9.59 Å². The molecule has 1 fully saturated rings. The molecule has 1 amide bonds. The average Bonchev–Trinajstić information content (AvgIpc) is 2.44. The van der Waals surface area contributed by atoms with Crippen molar-refractivity contribution in [2.45, 2.75) is 20.8 Å². The maximum Gasteiger partial charge on any atom is 0.315 e. The van der Waals surface area contributed by atoms with Crippen molar-refractivity contribution in [3.63, 3.8) is 0 Å². The molecule has 1 rings (SSSR count). The number of carbonyl (C=O) groups excluding carboxylic acids is 1. The fourth-order valence-corrected chi connectivity index (χ4v) is 1.69. The molecule has 4 heteroatoms. The van der Waals surface area contributed by atoms with Crippen LogP contribution >= 0.6 is 0 Å². The molecule has 0 bridgehead atoms. The first-order valence-electron chi connectivity index (χ1n) is 4.95. The first kappa shape index (κ1) is 11.0. The smallest absolute Gasteiger partial charge is 0.315 e. The number of aliphatic carboxylic acids is 1. The van der Waals surface area contributed by atoms with Gasteiger partial charge in [-0.05, 0) is 18.8 Å². The Morgan fingerprint density at radius 3 is 2.07 bits per heavy atom. The summed E-state index contributed by atoms with van der Waals surface area (Å²) in [4.78, 5) is 23.9. The molecule has 14 heavy (non-hydrogen) atoms. The number of hydrogen-bond donors (Lipinski definition) is 1. The topological polar surface area (TPSA) is 57.6 Å². The average molecular weight is 199 g/mol. The summed E-state index contributed by atoms with van der Waals surface area (Å²) in [6.45, 7) is 7.00. The van der Waals surface area contributed by atoms with Crippen LogP contribution in [0.25, 0.3) is 0 Å². The molecule has 0 aromatic carbocycles. The predicted octanol–water partition coefficient (Wildman–Crippen LogP) is 0.821. The van der Waals surface area contributed by atoms with Gasteiger partial charge in [-0.2, -0.15) is 0 Å². The Hall–Kier alpha value is -1.06. The van der Waals surface area contributed by atoms with Gasteiger partial charge in [-0.3, -0.25) is 9.59 Å². The Morgan fingerprint density at radius 1 is 1.29 bits per heavy atom. The molecule has 3 atom stereocenters. The maximum absolute atomic E-state index is 11.6. The Morgan fingerprint density at radius 2 is 1.71 bits per heavy atom. The van der Waals surface area contributed by atoms with E-state index in [2.05, 4.69) is 13.8 Å². The highest BCUT2D eigenvalue weighted by Gasteiger charge is 2.33. The molecule has 4 nitrogen and oxygen atoms in total. The highest BCUT2D eigenvalue weighted by atomic mass is 16.4. The molecule has 0 aromatic heterocycles. The zero-order valence-electron chi connectivity index (χ0n) is 8.86. The number of carboxylic acid groups (broad SMARTS) is 1. The highest BCUT2D eigenvalue weighted by Crippen LogP contribution is 2.23. The summed E-state index contributed by atoms with van der Waals surface area (Å²) in [5, 5.41) is 8.70. The van der Waals surface area contributed by atoms with E-state index in [1.165, 1.54) is 6.92 Å². The standard InChI is InChI=1S/C10H17NO3/c1-6-4-11(5-7(6)2)9(12)8(3)10(13)14/h6-8H,4-5H2,1-3H3,(H,13,14). The summed E-state index contributed by atoms with van der Waals surface area (Å²) in [6, 6.07) is 0. The fourth-order valence-electron chi connectivity index (χ4n) is 1.69. The summed E-state index contributed by atoms with van der Waals surface area (Å²) in [5.74, 6) is -1.26. The van der Waals surface area contributed by atoms with Crippen molar-refractivity contribution in [1.29, 1.82) is 0 Å². The third-order valence-corrected chi connectivity index (χ3v) is 3.04. The van der Waals surface area contributed by atoms with E-state index in [4.69, 9.17) is 5.11 Å². The molecule has 0 aliphatic carbocycles. The fraction of sp³-hybridized carbons (Fsp3) is 0.800. The highest BCUT2D eigenvalue weighted by molar-refractivity contribution is 5.96. The van der Waals surface area contributed by atoms with Gasteiger partial charge in [0.25, 0.3) is 0 Å². The molecular formula is C10H17NO3. The van der Waals surface area contributed by atoms with Crippen molar-refractivity contribution in [3.05, 3.63) is 0 Å². The molecule has 1 saturated heterocycles. The van der Waals surface area contributed by atoms with Crippen LogP contribution in [0.3, 0.4) is 0 Å². The lowest BCUT2D eigenvalue weighted by molar-refractivity contribution is -0.149. The van der Waals surface area contributed by atoms with Crippen LogP contribution in [0.1, 0.15) is 20.8 Å². The normalized spacial score (nSPS) is 28.9. The van der Waals surface area contributed by atoms with Crippen molar-refractivity contribution in [2.24, 2.45) is 17.8 Å². The molecule has 1 aliphatic heterocycles. The van der Waals surface area contributed by atoms with Crippen LogP contribution in [0.5, 0.6) is 0 Å². The van der Waals surface area contributed by atoms with E-state index in [0.29, 0.717) is 24.9 Å². The third-order valence-electron chi connectivity index (χ3n) is 3.04. The lowest BCUT2D eigenvalue weighted by atomic mass is 10.0. The van der Waals surface area contributed by atoms with E-state index < -0.39 is 11.9 Å². The Balaban J connectivity index is 2.59. The first-order valence-corrected chi connectivity index (χ1v) is 4.95. The minimum absolute atomic E-state index is 0.256. The summed E-state index contributed by atoms with van der Waals surface area (Å²) >= 11 is 0. The lowest BCUT2D eigenvalue weighted by Gasteiger charge is -2.18. The van der Waals surface area contributed by atoms with Gasteiger partial charge in [0.1, 0.15) is 5.92 Å². The Bertz CT molecular complexity index is 242. The number of hydrogen-bond acceptors (Lipinski definition) is 2. The van der Waals surface area contributed by atoms with Crippen LogP contribution in [-0.4, -0.2) is 35.0 Å². The maximum atomic E-state index is 11.6. The number of carbonyl (C=O) groups is 2. The van der Waals surface area contributed by atoms with Crippen LogP contribution in [0.4, 0.5) is 0 Å². The van der Waals surface area contributed by atoms with Crippen molar-refractivity contribution in [2.75, 3.05) is 13.1 Å². The van der Waals surface area contributed by atoms with Crippen LogP contribution in [0.2, 0.25) is 0 Å². The van der Waals surface area contributed by atoms with Gasteiger partial charge in [-0.25, -0.2) is 0 Å². The van der Waals surface area contributed by atoms with Crippen LogP contribution in [-0.2, 0) is 9.59 Å². The van der Waals surface area contributed by atoms with Gasteiger partial charge >= 0.3 is 5.97 Å². The second-order valence-electron chi connectivity index (χ2n) is 4.26. The van der Waals surface area contributed by atoms with E-state index in [1.54, 1.807) is 4.90 Å². The van der Waals surface area contributed by atoms with Gasteiger partial charge in [-0.15, -0.1) is 0 Å². The summed E-state index contributed by atoms with van der Waals surface area (Å²) in [6.07, 6.45) is 0. The zero-order chi connectivity index (χ0) is 10.9. The monoisotopic (exact) mass is 199 g/mol. The van der Waals surface area contributed by atoms with Crippen molar-refractivity contribution in [1.82, 2.24) is 4.90 Å². The number of likely N-dealkylation sites (tertiary alicyclic amines) is 1. The molecule has 1 heterocycles. The Kier molecular flexibility index (Phi) is 3.13. The van der Waals surface area contributed by atoms with E-state index in [-0.39, 0.29) is 5.91 Å². The largest absolute Gasteiger partial charge is 0.481 e. The van der Waals surface area contributed by atoms with E-state index in [0.717, 1.165) is 0 Å². The van der Waals surface area contributed by atoms with Gasteiger partial charge in [0.15, 0.2) is 0 Å². The zero-order valence-corrected chi connectivity index (χ0v) is 8.86. The first-order chi connectivity index (χ1) is 6.43. The molecule has 80 valence electrons.